The Kier molecular flexibility index (Phi) is 6.89. The normalized spacial score (nSPS) is 21.4. The van der Waals surface area contributed by atoms with E-state index in [1.807, 2.05) is 30.6 Å². The molecule has 0 radical (unpaired) electrons. The molecule has 0 aromatic carbocycles. The van der Waals surface area contributed by atoms with E-state index in [-0.39, 0.29) is 17.4 Å². The van der Waals surface area contributed by atoms with Crippen molar-refractivity contribution in [2.45, 2.75) is 66.3 Å². The van der Waals surface area contributed by atoms with E-state index in [0.717, 1.165) is 39.3 Å². The highest BCUT2D eigenvalue weighted by atomic mass is 16.2. The van der Waals surface area contributed by atoms with Crippen LogP contribution in [0.25, 0.3) is 0 Å². The second-order valence-electron chi connectivity index (χ2n) is 8.58. The zero-order chi connectivity index (χ0) is 18.6. The lowest BCUT2D eigenvalue weighted by atomic mass is 9.93. The van der Waals surface area contributed by atoms with Crippen LogP contribution in [-0.4, -0.2) is 71.8 Å². The van der Waals surface area contributed by atoms with Gasteiger partial charge in [-0.15, -0.1) is 0 Å². The minimum Gasteiger partial charge on any atom is -0.342 e. The molecular formula is C20H37N3O2. The summed E-state index contributed by atoms with van der Waals surface area (Å²) in [6.45, 7) is 14.7. The Hall–Kier alpha value is -1.10. The van der Waals surface area contributed by atoms with Gasteiger partial charge in [-0.25, -0.2) is 0 Å². The Morgan fingerprint density at radius 3 is 1.96 bits per heavy atom. The number of hydrogen-bond acceptors (Lipinski definition) is 3. The molecule has 0 aromatic heterocycles. The Balaban J connectivity index is 2.07. The minimum atomic E-state index is -0.329. The molecule has 5 nitrogen and oxygen atoms in total. The van der Waals surface area contributed by atoms with E-state index in [1.54, 1.807) is 0 Å². The Morgan fingerprint density at radius 1 is 1.00 bits per heavy atom. The van der Waals surface area contributed by atoms with E-state index in [0.29, 0.717) is 11.8 Å². The van der Waals surface area contributed by atoms with Gasteiger partial charge in [-0.3, -0.25) is 14.5 Å². The quantitative estimate of drug-likeness (QED) is 0.765. The molecule has 0 N–H and O–H groups in total. The third-order valence-corrected chi connectivity index (χ3v) is 5.81. The van der Waals surface area contributed by atoms with Gasteiger partial charge >= 0.3 is 0 Å². The van der Waals surface area contributed by atoms with Crippen LogP contribution in [0, 0.1) is 11.3 Å². The first-order valence-electron chi connectivity index (χ1n) is 10.1. The zero-order valence-corrected chi connectivity index (χ0v) is 16.9. The molecule has 1 atom stereocenters. The van der Waals surface area contributed by atoms with Gasteiger partial charge in [0.1, 0.15) is 0 Å². The molecule has 2 amide bonds. The number of piperazine rings is 1. The van der Waals surface area contributed by atoms with Crippen LogP contribution in [0.2, 0.25) is 0 Å². The molecular weight excluding hydrogens is 314 g/mol. The predicted octanol–water partition coefficient (Wildman–Crippen LogP) is 2.60. The maximum Gasteiger partial charge on any atom is 0.240 e. The smallest absolute Gasteiger partial charge is 0.240 e. The highest BCUT2D eigenvalue weighted by molar-refractivity contribution is 5.83. The maximum absolute atomic E-state index is 13.2. The second kappa shape index (κ2) is 8.52. The monoisotopic (exact) mass is 351 g/mol. The van der Waals surface area contributed by atoms with Crippen LogP contribution >= 0.6 is 0 Å². The first-order valence-corrected chi connectivity index (χ1v) is 10.1. The highest BCUT2D eigenvalue weighted by Crippen LogP contribution is 2.32. The molecule has 1 aliphatic carbocycles. The van der Waals surface area contributed by atoms with Gasteiger partial charge in [0.25, 0.3) is 0 Å². The first kappa shape index (κ1) is 20.2. The van der Waals surface area contributed by atoms with Gasteiger partial charge < -0.3 is 9.80 Å². The zero-order valence-electron chi connectivity index (χ0n) is 16.9. The fourth-order valence-electron chi connectivity index (χ4n) is 4.33. The predicted molar refractivity (Wildman–Crippen MR) is 101 cm³/mol. The second-order valence-corrected chi connectivity index (χ2v) is 8.58. The van der Waals surface area contributed by atoms with E-state index in [9.17, 15) is 9.59 Å². The molecule has 2 fully saturated rings. The van der Waals surface area contributed by atoms with E-state index < -0.39 is 0 Å². The maximum atomic E-state index is 13.2. The molecule has 0 unspecified atom stereocenters. The first-order chi connectivity index (χ1) is 11.8. The number of amides is 2. The molecule has 1 saturated carbocycles. The Labute approximate surface area is 153 Å². The van der Waals surface area contributed by atoms with E-state index >= 15 is 0 Å². The summed E-state index contributed by atoms with van der Waals surface area (Å²) < 4.78 is 0. The summed E-state index contributed by atoms with van der Waals surface area (Å²) in [6.07, 6.45) is 4.82. The molecule has 1 aliphatic heterocycles. The SMILES string of the molecule is CCN(CC)C(=O)[C@H](C1CCCC1)N1CCN(C(=O)C(C)(C)C)CC1. The standard InChI is InChI=1S/C20H37N3O2/c1-6-21(7-2)18(24)17(16-10-8-9-11-16)22-12-14-23(15-13-22)19(25)20(3,4)5/h16-17H,6-15H2,1-5H3/t17-/m0/s1. The number of rotatable bonds is 5. The summed E-state index contributed by atoms with van der Waals surface area (Å²) in [4.78, 5) is 32.0. The molecule has 2 rings (SSSR count). The third-order valence-electron chi connectivity index (χ3n) is 5.81. The topological polar surface area (TPSA) is 43.9 Å². The highest BCUT2D eigenvalue weighted by Gasteiger charge is 2.39. The lowest BCUT2D eigenvalue weighted by Gasteiger charge is -2.43. The summed E-state index contributed by atoms with van der Waals surface area (Å²) in [5.74, 6) is 1.00. The van der Waals surface area contributed by atoms with Crippen LogP contribution in [0.4, 0.5) is 0 Å². The van der Waals surface area contributed by atoms with E-state index in [4.69, 9.17) is 0 Å². The van der Waals surface area contributed by atoms with Crippen molar-refractivity contribution >= 4 is 11.8 Å². The van der Waals surface area contributed by atoms with Crippen molar-refractivity contribution in [2.75, 3.05) is 39.3 Å². The van der Waals surface area contributed by atoms with Gasteiger partial charge in [-0.05, 0) is 32.6 Å². The van der Waals surface area contributed by atoms with Crippen LogP contribution in [0.5, 0.6) is 0 Å². The summed E-state index contributed by atoms with van der Waals surface area (Å²) in [5.41, 5.74) is -0.329. The van der Waals surface area contributed by atoms with Crippen LogP contribution in [-0.2, 0) is 9.59 Å². The summed E-state index contributed by atoms with van der Waals surface area (Å²) in [7, 11) is 0. The van der Waals surface area contributed by atoms with Crippen LogP contribution in [0.3, 0.4) is 0 Å². The molecule has 0 bridgehead atoms. The van der Waals surface area contributed by atoms with Crippen LogP contribution in [0.1, 0.15) is 60.3 Å². The van der Waals surface area contributed by atoms with Crippen molar-refractivity contribution in [3.8, 4) is 0 Å². The fourth-order valence-corrected chi connectivity index (χ4v) is 4.33. The van der Waals surface area contributed by atoms with Gasteiger partial charge in [0.05, 0.1) is 6.04 Å². The number of nitrogens with zero attached hydrogens (tertiary/aromatic N) is 3. The summed E-state index contributed by atoms with van der Waals surface area (Å²) in [5, 5.41) is 0. The molecule has 2 aliphatic rings. The number of carbonyl (C=O) groups is 2. The van der Waals surface area contributed by atoms with Crippen molar-refractivity contribution in [2.24, 2.45) is 11.3 Å². The molecule has 25 heavy (non-hydrogen) atoms. The number of hydrogen-bond donors (Lipinski definition) is 0. The minimum absolute atomic E-state index is 0.00860. The van der Waals surface area contributed by atoms with Gasteiger partial charge in [0.15, 0.2) is 0 Å². The van der Waals surface area contributed by atoms with Crippen molar-refractivity contribution in [3.63, 3.8) is 0 Å². The molecule has 0 aromatic rings. The largest absolute Gasteiger partial charge is 0.342 e. The molecule has 1 saturated heterocycles. The molecule has 5 heteroatoms. The van der Waals surface area contributed by atoms with E-state index in [1.165, 1.54) is 25.7 Å². The average Bonchev–Trinajstić information content (AvgIpc) is 3.09. The molecule has 0 spiro atoms. The van der Waals surface area contributed by atoms with Crippen molar-refractivity contribution < 1.29 is 9.59 Å². The Bertz CT molecular complexity index is 454. The molecule has 1 heterocycles. The summed E-state index contributed by atoms with van der Waals surface area (Å²) >= 11 is 0. The van der Waals surface area contributed by atoms with Crippen molar-refractivity contribution in [1.82, 2.24) is 14.7 Å². The van der Waals surface area contributed by atoms with Crippen LogP contribution in [0.15, 0.2) is 0 Å². The van der Waals surface area contributed by atoms with E-state index in [2.05, 4.69) is 18.7 Å². The third kappa shape index (κ3) is 4.75. The molecule has 144 valence electrons. The Morgan fingerprint density at radius 2 is 1.52 bits per heavy atom. The van der Waals surface area contributed by atoms with Gasteiger partial charge in [0.2, 0.25) is 11.8 Å². The van der Waals surface area contributed by atoms with Crippen LogP contribution < -0.4 is 0 Å². The average molecular weight is 352 g/mol. The number of likely N-dealkylation sites (N-methyl/N-ethyl adjacent to an activating group) is 1. The van der Waals surface area contributed by atoms with Crippen molar-refractivity contribution in [1.29, 1.82) is 0 Å². The van der Waals surface area contributed by atoms with Gasteiger partial charge in [-0.2, -0.15) is 0 Å². The van der Waals surface area contributed by atoms with Gasteiger partial charge in [-0.1, -0.05) is 33.6 Å². The van der Waals surface area contributed by atoms with Gasteiger partial charge in [0, 0.05) is 44.7 Å². The number of carbonyl (C=O) groups excluding carboxylic acids is 2. The lowest BCUT2D eigenvalue weighted by Crippen LogP contribution is -2.59. The van der Waals surface area contributed by atoms with Crippen molar-refractivity contribution in [3.05, 3.63) is 0 Å². The fraction of sp³-hybridized carbons (Fsp3) is 0.900. The summed E-state index contributed by atoms with van der Waals surface area (Å²) in [6, 6.07) is 0.00860. The lowest BCUT2D eigenvalue weighted by molar-refractivity contribution is -0.144.